The third kappa shape index (κ3) is 4.71. The molecular formula is C18H28FN7O. The van der Waals surface area contributed by atoms with E-state index in [-0.39, 0.29) is 12.0 Å². The average Bonchev–Trinajstić information content (AvgIpc) is 3.21. The molecule has 1 fully saturated rings. The number of anilines is 2. The second kappa shape index (κ2) is 8.16. The fraction of sp³-hybridized carbons (Fsp3) is 0.667. The van der Waals surface area contributed by atoms with Gasteiger partial charge in [0.1, 0.15) is 12.0 Å². The van der Waals surface area contributed by atoms with E-state index in [2.05, 4.69) is 25.1 Å². The Hall–Kier alpha value is -2.29. The highest BCUT2D eigenvalue weighted by molar-refractivity contribution is 5.45. The molecule has 0 N–H and O–H groups in total. The van der Waals surface area contributed by atoms with Crippen molar-refractivity contribution in [2.75, 3.05) is 44.0 Å². The number of halogens is 1. The number of aromatic nitrogens is 4. The summed E-state index contributed by atoms with van der Waals surface area (Å²) < 4.78 is 19.9. The number of nitrogens with zero attached hydrogens (tertiary/aromatic N) is 7. The van der Waals surface area contributed by atoms with Gasteiger partial charge in [-0.2, -0.15) is 4.98 Å². The second-order valence-electron chi connectivity index (χ2n) is 7.63. The smallest absolute Gasteiger partial charge is 0.230 e. The molecule has 148 valence electrons. The van der Waals surface area contributed by atoms with Crippen molar-refractivity contribution >= 4 is 11.8 Å². The first kappa shape index (κ1) is 19.5. The highest BCUT2D eigenvalue weighted by atomic mass is 19.1. The van der Waals surface area contributed by atoms with Gasteiger partial charge in [-0.3, -0.25) is 4.90 Å². The molecule has 3 rings (SSSR count). The Kier molecular flexibility index (Phi) is 5.88. The van der Waals surface area contributed by atoms with E-state index in [9.17, 15) is 4.39 Å². The van der Waals surface area contributed by atoms with Crippen LogP contribution in [0.2, 0.25) is 0 Å². The maximum absolute atomic E-state index is 14.2. The van der Waals surface area contributed by atoms with Gasteiger partial charge in [0.05, 0.1) is 13.1 Å². The van der Waals surface area contributed by atoms with Crippen LogP contribution in [-0.4, -0.2) is 71.5 Å². The summed E-state index contributed by atoms with van der Waals surface area (Å²) in [5.74, 6) is 2.81. The largest absolute Gasteiger partial charge is 0.424 e. The lowest BCUT2D eigenvalue weighted by Crippen LogP contribution is -2.39. The number of rotatable bonds is 7. The Balaban J connectivity index is 1.67. The normalized spacial score (nSPS) is 20.1. The van der Waals surface area contributed by atoms with E-state index in [0.717, 1.165) is 5.82 Å². The molecule has 0 radical (unpaired) electrons. The molecule has 1 aliphatic rings. The van der Waals surface area contributed by atoms with E-state index in [4.69, 9.17) is 4.42 Å². The van der Waals surface area contributed by atoms with Crippen molar-refractivity contribution < 1.29 is 8.81 Å². The van der Waals surface area contributed by atoms with Crippen LogP contribution in [-0.2, 0) is 6.54 Å². The Morgan fingerprint density at radius 2 is 2.07 bits per heavy atom. The molecular weight excluding hydrogens is 349 g/mol. The second-order valence-corrected chi connectivity index (χ2v) is 7.63. The minimum absolute atomic E-state index is 0.0300. The van der Waals surface area contributed by atoms with Crippen LogP contribution in [0.1, 0.15) is 38.0 Å². The maximum Gasteiger partial charge on any atom is 0.230 e. The van der Waals surface area contributed by atoms with E-state index in [1.54, 1.807) is 6.20 Å². The highest BCUT2D eigenvalue weighted by Crippen LogP contribution is 2.27. The first-order valence-corrected chi connectivity index (χ1v) is 9.25. The van der Waals surface area contributed by atoms with Crippen LogP contribution in [0.25, 0.3) is 0 Å². The molecule has 8 nitrogen and oxygen atoms in total. The average molecular weight is 377 g/mol. The van der Waals surface area contributed by atoms with E-state index in [0.29, 0.717) is 43.8 Å². The minimum atomic E-state index is -0.864. The summed E-state index contributed by atoms with van der Waals surface area (Å²) in [6.45, 7) is 5.60. The summed E-state index contributed by atoms with van der Waals surface area (Å²) in [6, 6.07) is 1.87. The molecule has 2 atom stereocenters. The quantitative estimate of drug-likeness (QED) is 0.726. The van der Waals surface area contributed by atoms with Crippen molar-refractivity contribution in [2.24, 2.45) is 0 Å². The van der Waals surface area contributed by atoms with Crippen LogP contribution in [0, 0.1) is 0 Å². The molecule has 0 aliphatic carbocycles. The van der Waals surface area contributed by atoms with Crippen LogP contribution in [0.15, 0.2) is 16.7 Å². The van der Waals surface area contributed by atoms with E-state index >= 15 is 0 Å². The standard InChI is InChI=1S/C18H28FN7O/c1-12(2)17-23-22-16(27-17)11-25(5)10-14-8-13(19)9-26(14)15-6-7-20-18(21-15)24(3)4/h6-7,12-14H,8-11H2,1-5H3/t13-,14-/m0/s1. The zero-order chi connectivity index (χ0) is 19.6. The van der Waals surface area contributed by atoms with E-state index in [1.807, 2.05) is 50.9 Å². The Morgan fingerprint density at radius 1 is 1.30 bits per heavy atom. The SMILES string of the molecule is CC(C)c1nnc(CN(C)C[C@@H]2C[C@H](F)CN2c2ccnc(N(C)C)n2)o1. The van der Waals surface area contributed by atoms with Crippen molar-refractivity contribution in [3.05, 3.63) is 24.0 Å². The molecule has 2 aromatic heterocycles. The fourth-order valence-electron chi connectivity index (χ4n) is 3.25. The molecule has 2 aromatic rings. The Bertz CT molecular complexity index is 751. The van der Waals surface area contributed by atoms with E-state index < -0.39 is 6.17 Å². The molecule has 0 saturated carbocycles. The van der Waals surface area contributed by atoms with Crippen LogP contribution in [0.5, 0.6) is 0 Å². The Labute approximate surface area is 159 Å². The zero-order valence-electron chi connectivity index (χ0n) is 16.6. The molecule has 3 heterocycles. The van der Waals surface area contributed by atoms with Gasteiger partial charge in [-0.25, -0.2) is 9.37 Å². The van der Waals surface area contributed by atoms with Crippen molar-refractivity contribution in [2.45, 2.75) is 44.9 Å². The van der Waals surface area contributed by atoms with Crippen LogP contribution in [0.4, 0.5) is 16.2 Å². The molecule has 0 spiro atoms. The Morgan fingerprint density at radius 3 is 2.74 bits per heavy atom. The van der Waals surface area contributed by atoms with Crippen LogP contribution < -0.4 is 9.80 Å². The maximum atomic E-state index is 14.2. The van der Waals surface area contributed by atoms with Gasteiger partial charge in [0, 0.05) is 45.2 Å². The van der Waals surface area contributed by atoms with Gasteiger partial charge < -0.3 is 14.2 Å². The molecule has 1 saturated heterocycles. The molecule has 0 amide bonds. The van der Waals surface area contributed by atoms with Crippen molar-refractivity contribution in [3.8, 4) is 0 Å². The third-order valence-corrected chi connectivity index (χ3v) is 4.59. The molecule has 9 heteroatoms. The van der Waals surface area contributed by atoms with Gasteiger partial charge in [0.25, 0.3) is 0 Å². The number of hydrogen-bond acceptors (Lipinski definition) is 8. The first-order chi connectivity index (χ1) is 12.8. The molecule has 27 heavy (non-hydrogen) atoms. The molecule has 0 unspecified atom stereocenters. The predicted molar refractivity (Wildman–Crippen MR) is 102 cm³/mol. The summed E-state index contributed by atoms with van der Waals surface area (Å²) in [6.07, 6.45) is 1.33. The van der Waals surface area contributed by atoms with Gasteiger partial charge in [0.2, 0.25) is 17.7 Å². The lowest BCUT2D eigenvalue weighted by molar-refractivity contribution is 0.260. The first-order valence-electron chi connectivity index (χ1n) is 9.25. The topological polar surface area (TPSA) is 74.4 Å². The van der Waals surface area contributed by atoms with Gasteiger partial charge in [-0.1, -0.05) is 13.8 Å². The van der Waals surface area contributed by atoms with Gasteiger partial charge in [-0.15, -0.1) is 10.2 Å². The lowest BCUT2D eigenvalue weighted by atomic mass is 10.2. The van der Waals surface area contributed by atoms with Crippen LogP contribution >= 0.6 is 0 Å². The van der Waals surface area contributed by atoms with Gasteiger partial charge in [-0.05, 0) is 13.1 Å². The van der Waals surface area contributed by atoms with Crippen molar-refractivity contribution in [1.29, 1.82) is 0 Å². The van der Waals surface area contributed by atoms with E-state index in [1.165, 1.54) is 0 Å². The monoisotopic (exact) mass is 377 g/mol. The van der Waals surface area contributed by atoms with Gasteiger partial charge >= 0.3 is 0 Å². The molecule has 0 aromatic carbocycles. The fourth-order valence-corrected chi connectivity index (χ4v) is 3.25. The predicted octanol–water partition coefficient (Wildman–Crippen LogP) is 2.10. The number of hydrogen-bond donors (Lipinski definition) is 0. The number of likely N-dealkylation sites (N-methyl/N-ethyl adjacent to an activating group) is 1. The molecule has 0 bridgehead atoms. The summed E-state index contributed by atoms with van der Waals surface area (Å²) in [4.78, 5) is 14.8. The number of alkyl halides is 1. The summed E-state index contributed by atoms with van der Waals surface area (Å²) in [7, 11) is 5.76. The summed E-state index contributed by atoms with van der Waals surface area (Å²) in [5.41, 5.74) is 0. The van der Waals surface area contributed by atoms with Crippen molar-refractivity contribution in [3.63, 3.8) is 0 Å². The zero-order valence-corrected chi connectivity index (χ0v) is 16.6. The highest BCUT2D eigenvalue weighted by Gasteiger charge is 2.34. The molecule has 1 aliphatic heterocycles. The third-order valence-electron chi connectivity index (χ3n) is 4.59. The lowest BCUT2D eigenvalue weighted by Gasteiger charge is -2.29. The van der Waals surface area contributed by atoms with Crippen LogP contribution in [0.3, 0.4) is 0 Å². The summed E-state index contributed by atoms with van der Waals surface area (Å²) >= 11 is 0. The van der Waals surface area contributed by atoms with Gasteiger partial charge in [0.15, 0.2) is 0 Å². The minimum Gasteiger partial charge on any atom is -0.424 e. The summed E-state index contributed by atoms with van der Waals surface area (Å²) in [5, 5.41) is 8.17. The van der Waals surface area contributed by atoms with Crippen molar-refractivity contribution in [1.82, 2.24) is 25.1 Å².